The Labute approximate surface area is 804 Å². The highest BCUT2D eigenvalue weighted by Crippen LogP contribution is 2.30. The second kappa shape index (κ2) is 50.8. The number of amides is 13. The Morgan fingerprint density at radius 3 is 1.63 bits per heavy atom. The minimum absolute atomic E-state index is 0.0482. The maximum Gasteiger partial charge on any atom is 0.305 e. The van der Waals surface area contributed by atoms with Gasteiger partial charge in [-0.25, -0.2) is 13.2 Å². The topological polar surface area (TPSA) is 570 Å². The highest BCUT2D eigenvalue weighted by molar-refractivity contribution is 8.00. The molecule has 0 radical (unpaired) electrons. The smallest absolute Gasteiger partial charge is 0.305 e. The molecule has 139 heavy (non-hydrogen) atoms. The number of aliphatic hydroxyl groups is 3. The second-order valence-corrected chi connectivity index (χ2v) is 36.6. The van der Waals surface area contributed by atoms with E-state index >= 15 is 51.9 Å². The number of carboxylic acid groups (broad SMARTS) is 1. The lowest BCUT2D eigenvalue weighted by Crippen LogP contribution is -2.62. The number of carbonyl (C=O) groups is 15. The molecule has 0 spiro atoms. The standard InChI is InChI=1S/C97H122F3N17O21S/c1-7-8-25-75-96(137)117-50-63(121)44-78(117)92(133)110-71(45-83(125)126)90(131)112-85(53(2)3)97(138)114(5)76(40-54-18-11-9-12-19-54)80(122)47-104-72(38-57-28-32-61(119)33-29-57)94(135)116-49-62(120)43-77(116)91(132)109-70(42-59-46-103-67-23-16-15-22-64(59)67)89(130)108-69(37-56-26-30-60(118)31-27-56)88(129)107-68(24-17-34-101)87(128)111-74(86(127)105-48-81(102)123)51-139-52-82(124)106-73(39-58-35-65(98)84(100)66(99)36-58)93(134)115(6)79(95(136)113(75)4)41-55-20-13-10-14-21-55/h9-16,18-23,26-33,35-36,46,53,62-63,68-79,85,88,103-104,107,118-121,129H,7-8,17,24-25,34,37-45,47-52,101H2,1-6H3,(H2,102,123)(H,105,127)(H,106,124)(H,108,130)(H,109,132)(H,110,133)(H,111,128)(H,112,131)(H,125,126)/t62-,63-,68+,69+,70+,71+,72+,73+,74+,75+,76?,77?,78-,79+,85+,88?/m1/s1. The molecule has 38 nitrogen and oxygen atoms in total. The van der Waals surface area contributed by atoms with Crippen LogP contribution in [0.25, 0.3) is 10.9 Å². The summed E-state index contributed by atoms with van der Waals surface area (Å²) < 4.78 is 45.2. The van der Waals surface area contributed by atoms with Crippen molar-refractivity contribution in [2.75, 3.05) is 65.4 Å². The number of nitrogens with two attached hydrogens (primary N) is 2. The lowest BCUT2D eigenvalue weighted by Gasteiger charge is -2.38. The van der Waals surface area contributed by atoms with Gasteiger partial charge in [-0.3, -0.25) is 82.6 Å². The molecule has 6 aromatic carbocycles. The molecule has 3 saturated heterocycles. The summed E-state index contributed by atoms with van der Waals surface area (Å²) in [4.78, 5) is 231. The zero-order valence-corrected chi connectivity index (χ0v) is 78.7. The number of aliphatic carboxylic acids is 1. The quantitative estimate of drug-likeness (QED) is 0.0361. The van der Waals surface area contributed by atoms with Crippen LogP contribution in [0.1, 0.15) is 106 Å². The maximum atomic E-state index is 15.7. The number of aromatic nitrogens is 1. The van der Waals surface area contributed by atoms with E-state index in [1.165, 1.54) is 76.5 Å². The van der Waals surface area contributed by atoms with Crippen LogP contribution in [-0.4, -0.2) is 311 Å². The van der Waals surface area contributed by atoms with Crippen LogP contribution in [0.15, 0.2) is 152 Å². The summed E-state index contributed by atoms with van der Waals surface area (Å²) in [5, 5.41) is 91.5. The van der Waals surface area contributed by atoms with Crippen LogP contribution in [0, 0.1) is 23.4 Å². The monoisotopic (exact) mass is 1950 g/mol. The summed E-state index contributed by atoms with van der Waals surface area (Å²) >= 11 is 0.653. The number of ketones is 1. The predicted octanol–water partition coefficient (Wildman–Crippen LogP) is 0.278. The molecule has 3 fully saturated rings. The second-order valence-electron chi connectivity index (χ2n) is 35.5. The average molecular weight is 1950 g/mol. The zero-order valence-electron chi connectivity index (χ0n) is 77.8. The number of benzene rings is 6. The van der Waals surface area contributed by atoms with Gasteiger partial charge in [0, 0.05) is 89.2 Å². The van der Waals surface area contributed by atoms with Gasteiger partial charge in [-0.05, 0) is 127 Å². The molecule has 20 N–H and O–H groups in total. The number of H-pyrrole nitrogens is 1. The number of unbranched alkanes of at least 4 members (excludes halogenated alkanes) is 1. The summed E-state index contributed by atoms with van der Waals surface area (Å²) in [6.45, 7) is 2.24. The van der Waals surface area contributed by atoms with Gasteiger partial charge >= 0.3 is 5.97 Å². The Morgan fingerprint density at radius 2 is 1.06 bits per heavy atom. The summed E-state index contributed by atoms with van der Waals surface area (Å²) in [5.74, 6) is -23.3. The first-order valence-corrected chi connectivity index (χ1v) is 47.0. The van der Waals surface area contributed by atoms with E-state index in [4.69, 9.17) is 11.5 Å². The largest absolute Gasteiger partial charge is 0.508 e. The number of rotatable bonds is 24. The third kappa shape index (κ3) is 29.8. The van der Waals surface area contributed by atoms with Crippen molar-refractivity contribution >= 4 is 111 Å². The average Bonchev–Trinajstić information content (AvgIpc) is 1.72. The number of carbonyl (C=O) groups excluding carboxylic acids is 14. The minimum Gasteiger partial charge on any atom is -0.508 e. The molecule has 10 rings (SSSR count). The van der Waals surface area contributed by atoms with Crippen LogP contribution in [0.2, 0.25) is 0 Å². The Bertz CT molecular complexity index is 5480. The van der Waals surface area contributed by atoms with Crippen LogP contribution in [0.3, 0.4) is 0 Å². The number of nitrogens with one attached hydrogen (secondary N) is 10. The Balaban J connectivity index is 1.06. The lowest BCUT2D eigenvalue weighted by molar-refractivity contribution is -0.152. The van der Waals surface area contributed by atoms with Gasteiger partial charge in [-0.2, -0.15) is 0 Å². The maximum absolute atomic E-state index is 15.7. The van der Waals surface area contributed by atoms with Gasteiger partial charge < -0.3 is 109 Å². The number of hydrogen-bond acceptors (Lipinski definition) is 24. The van der Waals surface area contributed by atoms with Crippen LogP contribution in [0.4, 0.5) is 13.2 Å². The normalized spacial score (nSPS) is 24.8. The number of phenols is 2. The molecule has 13 amide bonds. The molecular formula is C97H122F3N17O21S. The highest BCUT2D eigenvalue weighted by atomic mass is 32.2. The van der Waals surface area contributed by atoms with E-state index in [2.05, 4.69) is 52.8 Å². The molecule has 3 aliphatic rings. The number of para-hydroxylation sites is 1. The molecule has 1 aromatic heterocycles. The number of thioether (sulfide) groups is 1. The number of aromatic hydroxyl groups is 2. The van der Waals surface area contributed by atoms with Crippen LogP contribution in [0.5, 0.6) is 11.5 Å². The number of aromatic amines is 1. The van der Waals surface area contributed by atoms with Crippen molar-refractivity contribution in [1.82, 2.24) is 77.3 Å². The van der Waals surface area contributed by atoms with Crippen molar-refractivity contribution in [2.45, 2.75) is 208 Å². The number of likely N-dealkylation sites (N-methyl/N-ethyl adjacent to an activating group) is 3. The van der Waals surface area contributed by atoms with Gasteiger partial charge in [-0.1, -0.05) is 137 Å². The van der Waals surface area contributed by atoms with Crippen molar-refractivity contribution < 1.29 is 116 Å². The fourth-order valence-corrected chi connectivity index (χ4v) is 18.1. The first kappa shape index (κ1) is 108. The number of aliphatic hydroxyl groups excluding tert-OH is 3. The molecule has 42 heteroatoms. The molecule has 3 aliphatic heterocycles. The van der Waals surface area contributed by atoms with Crippen molar-refractivity contribution in [1.29, 1.82) is 0 Å². The molecule has 16 atom stereocenters. The molecule has 748 valence electrons. The number of phenolic OH excluding ortho intramolecular Hbond substituents is 2. The summed E-state index contributed by atoms with van der Waals surface area (Å²) in [6.07, 6.45) is -7.12. The van der Waals surface area contributed by atoms with E-state index in [0.29, 0.717) is 69.0 Å². The van der Waals surface area contributed by atoms with Crippen molar-refractivity contribution in [3.8, 4) is 11.5 Å². The van der Waals surface area contributed by atoms with Gasteiger partial charge in [0.25, 0.3) is 0 Å². The van der Waals surface area contributed by atoms with E-state index in [1.807, 2.05) is 0 Å². The van der Waals surface area contributed by atoms with Gasteiger partial charge in [-0.15, -0.1) is 11.8 Å². The summed E-state index contributed by atoms with van der Waals surface area (Å²) in [7, 11) is 3.68. The van der Waals surface area contributed by atoms with Crippen LogP contribution in [-0.2, 0) is 110 Å². The van der Waals surface area contributed by atoms with Gasteiger partial charge in [0.2, 0.25) is 76.8 Å². The van der Waals surface area contributed by atoms with Gasteiger partial charge in [0.05, 0.1) is 61.6 Å². The van der Waals surface area contributed by atoms with E-state index in [1.54, 1.807) is 98.0 Å². The molecule has 0 aliphatic carbocycles. The molecular weight excluding hydrogens is 1830 g/mol. The number of nitrogens with zero attached hydrogens (tertiary/aromatic N) is 5. The van der Waals surface area contributed by atoms with Crippen molar-refractivity contribution in [3.05, 3.63) is 203 Å². The van der Waals surface area contributed by atoms with Gasteiger partial charge in [0.1, 0.15) is 72.1 Å². The Morgan fingerprint density at radius 1 is 0.532 bits per heavy atom. The third-order valence-electron chi connectivity index (χ3n) is 24.9. The third-order valence-corrected chi connectivity index (χ3v) is 25.9. The SMILES string of the molecule is CCCC[C@H]1C(=O)N2C[C@H](O)C[C@@H]2C(=O)N[C@@H](CC(=O)O)C(=O)N[C@@H](C(C)C)C(=O)N(C)C(Cc2ccccc2)C(=O)CN[C@@H](Cc2ccc(O)cc2)C(=O)N2C[C@H](O)CC2C(=O)N[C@@H](Cc2c[nH]c3ccccc23)C(=O)N[C@@H](Cc2ccc(O)cc2)C(O)N[C@@H](CCCN)C(=O)N[C@H](C(=O)NCC(N)=O)CSCC(=O)N[C@@H](Cc2cc(F)c(F)c(F)c2)C(=O)N(C)[C@@H](Cc2ccccc2)C(=O)N1C. The Hall–Kier alpha value is -13.4. The highest BCUT2D eigenvalue weighted by Gasteiger charge is 2.48. The molecule has 0 saturated carbocycles. The zero-order chi connectivity index (χ0) is 101. The molecule has 7 aromatic rings. The summed E-state index contributed by atoms with van der Waals surface area (Å²) in [5.41, 5.74) is 13.9. The number of Topliss-reactive ketones (excluding diaryl/α,β-unsaturated/α-hetero) is 1. The number of carboxylic acids is 1. The first-order chi connectivity index (χ1) is 66.2. The predicted molar refractivity (Wildman–Crippen MR) is 504 cm³/mol. The van der Waals surface area contributed by atoms with Crippen LogP contribution < -0.4 is 59.3 Å². The minimum atomic E-state index is -2.03. The van der Waals surface area contributed by atoms with E-state index < -0.39 is 272 Å². The van der Waals surface area contributed by atoms with E-state index in [-0.39, 0.29) is 81.4 Å². The van der Waals surface area contributed by atoms with Crippen LogP contribution >= 0.6 is 11.8 Å². The number of hydrogen-bond donors (Lipinski definition) is 18. The molecule has 3 unspecified atom stereocenters. The van der Waals surface area contributed by atoms with Crippen molar-refractivity contribution in [3.63, 3.8) is 0 Å². The molecule has 4 heterocycles. The number of halogens is 3. The first-order valence-electron chi connectivity index (χ1n) is 45.9. The van der Waals surface area contributed by atoms with E-state index in [0.717, 1.165) is 31.5 Å². The fourth-order valence-electron chi connectivity index (χ4n) is 17.2. The van der Waals surface area contributed by atoms with Gasteiger partial charge in [0.15, 0.2) is 23.2 Å². The molecule has 0 bridgehead atoms. The Kier molecular flexibility index (Phi) is 39.3. The van der Waals surface area contributed by atoms with E-state index in [9.17, 15) is 63.8 Å². The fraction of sp³-hybridized carbons (Fsp3) is 0.454. The number of fused-ring (bicyclic) bond motifs is 3. The summed E-state index contributed by atoms with van der Waals surface area (Å²) in [6, 6.07) is 14.6. The van der Waals surface area contributed by atoms with Crippen molar-refractivity contribution in [2.24, 2.45) is 17.4 Å². The number of primary amides is 1. The lowest BCUT2D eigenvalue weighted by atomic mass is 9.97.